The molecular weight excluding hydrogens is 260 g/mol. The van der Waals surface area contributed by atoms with Crippen LogP contribution in [-0.4, -0.2) is 28.2 Å². The normalized spacial score (nSPS) is 9.90. The molecule has 0 atom stereocenters. The molecule has 0 aliphatic heterocycles. The first-order valence-corrected chi connectivity index (χ1v) is 6.04. The van der Waals surface area contributed by atoms with Crippen molar-refractivity contribution in [3.8, 4) is 12.0 Å². The number of rotatable bonds is 4. The van der Waals surface area contributed by atoms with Crippen molar-refractivity contribution in [3.05, 3.63) is 36.2 Å². The number of carbonyl (C=O) groups excluding carboxylic acids is 1. The fraction of sp³-hybridized carbons (Fsp3) is 0.231. The summed E-state index contributed by atoms with van der Waals surface area (Å²) in [4.78, 5) is 23.6. The number of hydrogen-bond donors (Lipinski definition) is 1. The van der Waals surface area contributed by atoms with Gasteiger partial charge in [0, 0.05) is 12.1 Å². The van der Waals surface area contributed by atoms with Crippen molar-refractivity contribution in [2.45, 2.75) is 13.3 Å². The van der Waals surface area contributed by atoms with Crippen LogP contribution in [0.5, 0.6) is 12.0 Å². The zero-order chi connectivity index (χ0) is 14.4. The number of amides is 1. The van der Waals surface area contributed by atoms with E-state index in [0.29, 0.717) is 17.9 Å². The number of ether oxygens (including phenoxy) is 2. The maximum atomic E-state index is 11.7. The lowest BCUT2D eigenvalue weighted by Crippen LogP contribution is -2.18. The van der Waals surface area contributed by atoms with Crippen molar-refractivity contribution >= 4 is 11.8 Å². The SMILES string of the molecule is CCc1nc(OC)nc(OC(=O)Nc2ccccc2)n1. The van der Waals surface area contributed by atoms with Gasteiger partial charge in [-0.05, 0) is 12.1 Å². The molecule has 1 N–H and O–H groups in total. The van der Waals surface area contributed by atoms with Gasteiger partial charge in [0.25, 0.3) is 0 Å². The number of benzene rings is 1. The van der Waals surface area contributed by atoms with Gasteiger partial charge in [-0.25, -0.2) is 4.79 Å². The Hall–Kier alpha value is -2.70. The van der Waals surface area contributed by atoms with Crippen molar-refractivity contribution in [1.29, 1.82) is 0 Å². The first-order valence-electron chi connectivity index (χ1n) is 6.04. The molecule has 0 saturated heterocycles. The zero-order valence-electron chi connectivity index (χ0n) is 11.2. The third-order valence-electron chi connectivity index (χ3n) is 2.34. The third-order valence-corrected chi connectivity index (χ3v) is 2.34. The van der Waals surface area contributed by atoms with Gasteiger partial charge in [0.1, 0.15) is 5.82 Å². The molecule has 0 spiro atoms. The Balaban J connectivity index is 2.07. The highest BCUT2D eigenvalue weighted by Gasteiger charge is 2.11. The number of methoxy groups -OCH3 is 1. The molecule has 7 heteroatoms. The smallest absolute Gasteiger partial charge is 0.419 e. The first kappa shape index (κ1) is 13.7. The molecule has 1 amide bonds. The zero-order valence-corrected chi connectivity index (χ0v) is 11.2. The molecule has 1 aromatic carbocycles. The summed E-state index contributed by atoms with van der Waals surface area (Å²) in [6.45, 7) is 1.88. The van der Waals surface area contributed by atoms with Gasteiger partial charge in [-0.1, -0.05) is 25.1 Å². The van der Waals surface area contributed by atoms with Gasteiger partial charge in [-0.3, -0.25) is 5.32 Å². The van der Waals surface area contributed by atoms with Crippen molar-refractivity contribution in [3.63, 3.8) is 0 Å². The van der Waals surface area contributed by atoms with Crippen LogP contribution in [0.1, 0.15) is 12.7 Å². The van der Waals surface area contributed by atoms with E-state index in [2.05, 4.69) is 20.3 Å². The Morgan fingerprint density at radius 2 is 1.85 bits per heavy atom. The van der Waals surface area contributed by atoms with E-state index in [1.165, 1.54) is 7.11 Å². The van der Waals surface area contributed by atoms with Crippen molar-refractivity contribution in [2.75, 3.05) is 12.4 Å². The highest BCUT2D eigenvalue weighted by molar-refractivity contribution is 5.85. The molecule has 0 aliphatic rings. The molecular formula is C13H14N4O3. The predicted octanol–water partition coefficient (Wildman–Crippen LogP) is 2.05. The van der Waals surface area contributed by atoms with Gasteiger partial charge in [0.05, 0.1) is 7.11 Å². The second-order valence-corrected chi connectivity index (χ2v) is 3.76. The molecule has 2 aromatic rings. The Bertz CT molecular complexity index is 567. The predicted molar refractivity (Wildman–Crippen MR) is 71.8 cm³/mol. The summed E-state index contributed by atoms with van der Waals surface area (Å²) in [5.41, 5.74) is 0.620. The summed E-state index contributed by atoms with van der Waals surface area (Å²) in [6, 6.07) is 8.95. The average Bonchev–Trinajstić information content (AvgIpc) is 2.47. The second-order valence-electron chi connectivity index (χ2n) is 3.76. The van der Waals surface area contributed by atoms with Gasteiger partial charge in [-0.15, -0.1) is 4.98 Å². The summed E-state index contributed by atoms with van der Waals surface area (Å²) in [7, 11) is 1.43. The van der Waals surface area contributed by atoms with Gasteiger partial charge >= 0.3 is 18.1 Å². The van der Waals surface area contributed by atoms with E-state index in [9.17, 15) is 4.79 Å². The lowest BCUT2D eigenvalue weighted by Gasteiger charge is -2.06. The number of aryl methyl sites for hydroxylation is 1. The van der Waals surface area contributed by atoms with Crippen LogP contribution in [0.25, 0.3) is 0 Å². The summed E-state index contributed by atoms with van der Waals surface area (Å²) >= 11 is 0. The van der Waals surface area contributed by atoms with Crippen molar-refractivity contribution < 1.29 is 14.3 Å². The standard InChI is InChI=1S/C13H14N4O3/c1-3-10-15-11(19-2)17-12(16-10)20-13(18)14-9-7-5-4-6-8-9/h4-8H,3H2,1-2H3,(H,14,18). The van der Waals surface area contributed by atoms with Crippen molar-refractivity contribution in [2.24, 2.45) is 0 Å². The number of nitrogens with one attached hydrogen (secondary N) is 1. The van der Waals surface area contributed by atoms with Crippen LogP contribution < -0.4 is 14.8 Å². The minimum atomic E-state index is -0.675. The molecule has 0 aliphatic carbocycles. The molecule has 2 rings (SSSR count). The number of hydrogen-bond acceptors (Lipinski definition) is 6. The highest BCUT2D eigenvalue weighted by Crippen LogP contribution is 2.11. The molecule has 104 valence electrons. The summed E-state index contributed by atoms with van der Waals surface area (Å²) in [6.07, 6.45) is -0.0956. The Kier molecular flexibility index (Phi) is 4.43. The molecule has 1 heterocycles. The number of aromatic nitrogens is 3. The van der Waals surface area contributed by atoms with Gasteiger partial charge < -0.3 is 9.47 Å². The van der Waals surface area contributed by atoms with Crippen LogP contribution in [0.3, 0.4) is 0 Å². The van der Waals surface area contributed by atoms with E-state index in [0.717, 1.165) is 0 Å². The van der Waals surface area contributed by atoms with Crippen LogP contribution in [0.2, 0.25) is 0 Å². The monoisotopic (exact) mass is 274 g/mol. The van der Waals surface area contributed by atoms with Gasteiger partial charge in [0.15, 0.2) is 0 Å². The first-order chi connectivity index (χ1) is 9.71. The second kappa shape index (κ2) is 6.46. The van der Waals surface area contributed by atoms with E-state index in [-0.39, 0.29) is 12.0 Å². The minimum absolute atomic E-state index is 0.0952. The summed E-state index contributed by atoms with van der Waals surface area (Å²) in [5.74, 6) is 0.486. The lowest BCUT2D eigenvalue weighted by molar-refractivity contribution is 0.210. The van der Waals surface area contributed by atoms with E-state index in [4.69, 9.17) is 9.47 Å². The maximum Gasteiger partial charge on any atom is 0.419 e. The highest BCUT2D eigenvalue weighted by atomic mass is 16.6. The Morgan fingerprint density at radius 3 is 2.50 bits per heavy atom. The molecule has 0 radical (unpaired) electrons. The van der Waals surface area contributed by atoms with Crippen LogP contribution >= 0.6 is 0 Å². The maximum absolute atomic E-state index is 11.7. The van der Waals surface area contributed by atoms with Crippen LogP contribution in [0, 0.1) is 0 Å². The number of anilines is 1. The Labute approximate surface area is 116 Å². The number of para-hydroxylation sites is 1. The van der Waals surface area contributed by atoms with E-state index in [1.807, 2.05) is 13.0 Å². The van der Waals surface area contributed by atoms with Crippen LogP contribution in [-0.2, 0) is 6.42 Å². The third kappa shape index (κ3) is 3.64. The van der Waals surface area contributed by atoms with Gasteiger partial charge in [0.2, 0.25) is 0 Å². The van der Waals surface area contributed by atoms with Gasteiger partial charge in [-0.2, -0.15) is 9.97 Å². The molecule has 20 heavy (non-hydrogen) atoms. The van der Waals surface area contributed by atoms with Crippen LogP contribution in [0.15, 0.2) is 30.3 Å². The Morgan fingerprint density at radius 1 is 1.15 bits per heavy atom. The number of nitrogens with zero attached hydrogens (tertiary/aromatic N) is 3. The molecule has 7 nitrogen and oxygen atoms in total. The average molecular weight is 274 g/mol. The topological polar surface area (TPSA) is 86.2 Å². The summed E-state index contributed by atoms with van der Waals surface area (Å²) < 4.78 is 9.93. The molecule has 0 unspecified atom stereocenters. The van der Waals surface area contributed by atoms with E-state index >= 15 is 0 Å². The van der Waals surface area contributed by atoms with E-state index < -0.39 is 6.09 Å². The van der Waals surface area contributed by atoms with E-state index in [1.54, 1.807) is 24.3 Å². The number of carbonyl (C=O) groups is 1. The molecule has 0 saturated carbocycles. The minimum Gasteiger partial charge on any atom is -0.467 e. The van der Waals surface area contributed by atoms with Crippen LogP contribution in [0.4, 0.5) is 10.5 Å². The summed E-state index contributed by atoms with van der Waals surface area (Å²) in [5, 5.41) is 2.56. The largest absolute Gasteiger partial charge is 0.467 e. The quantitative estimate of drug-likeness (QED) is 0.918. The van der Waals surface area contributed by atoms with Crippen molar-refractivity contribution in [1.82, 2.24) is 15.0 Å². The molecule has 1 aromatic heterocycles. The fourth-order valence-corrected chi connectivity index (χ4v) is 1.42. The lowest BCUT2D eigenvalue weighted by atomic mass is 10.3. The molecule has 0 bridgehead atoms. The molecule has 0 fully saturated rings. The fourth-order valence-electron chi connectivity index (χ4n) is 1.42.